The van der Waals surface area contributed by atoms with Crippen LogP contribution < -0.4 is 0 Å². The number of benzene rings is 16. The molecule has 698 valence electrons. The van der Waals surface area contributed by atoms with E-state index in [-0.39, 0.29) is 0 Å². The first-order valence-corrected chi connectivity index (χ1v) is 48.0. The summed E-state index contributed by atoms with van der Waals surface area (Å²) in [6, 6.07) is 140. The largest absolute Gasteiger partial charge is 0.416 e. The quantitative estimate of drug-likeness (QED) is 0.0710. The minimum Gasteiger partial charge on any atom is -0.255 e. The molecule has 4 aromatic heterocycles. The lowest BCUT2D eigenvalue weighted by atomic mass is 9.88. The van der Waals surface area contributed by atoms with Crippen molar-refractivity contribution in [1.82, 2.24) is 19.9 Å². The fraction of sp³-hybridized carbons (Fsp3) is 0.0909. The van der Waals surface area contributed by atoms with E-state index >= 15 is 0 Å². The highest BCUT2D eigenvalue weighted by Crippen LogP contribution is 2.49. The molecule has 0 amide bonds. The molecular formula is C132H109F3N8. The maximum absolute atomic E-state index is 13.2. The monoisotopic (exact) mass is 1860 g/mol. The van der Waals surface area contributed by atoms with Gasteiger partial charge in [0.2, 0.25) is 0 Å². The molecular weight excluding hydrogens is 1750 g/mol. The third-order valence-electron chi connectivity index (χ3n) is 24.8. The predicted octanol–water partition coefficient (Wildman–Crippen LogP) is 35.7. The minimum atomic E-state index is -4.39. The molecule has 20 rings (SSSR count). The Labute approximate surface area is 837 Å². The molecule has 0 unspecified atom stereocenters. The molecule has 0 bridgehead atoms. The Bertz CT molecular complexity index is 7590. The number of pyridine rings is 4. The number of halogens is 3. The lowest BCUT2D eigenvalue weighted by Gasteiger charge is -2.18. The Balaban J connectivity index is 0.000000131. The molecule has 0 spiro atoms. The normalized spacial score (nSPS) is 11.3. The zero-order chi connectivity index (χ0) is 99.3. The number of hydrogen-bond donors (Lipinski definition) is 0. The number of hydrogen-bond acceptors (Lipinski definition) is 8. The first kappa shape index (κ1) is 97.2. The van der Waals surface area contributed by atoms with Gasteiger partial charge in [0, 0.05) is 69.3 Å². The van der Waals surface area contributed by atoms with Crippen molar-refractivity contribution < 1.29 is 13.2 Å². The van der Waals surface area contributed by atoms with Crippen molar-refractivity contribution in [2.24, 2.45) is 20.0 Å². The Morgan fingerprint density at radius 1 is 0.168 bits per heavy atom. The van der Waals surface area contributed by atoms with E-state index in [1.54, 1.807) is 31.0 Å². The molecule has 0 radical (unpaired) electrons. The second-order valence-corrected chi connectivity index (χ2v) is 36.4. The highest BCUT2D eigenvalue weighted by atomic mass is 19.4. The molecule has 0 aliphatic carbocycles. The lowest BCUT2D eigenvalue weighted by Crippen LogP contribution is -2.04. The summed E-state index contributed by atoms with van der Waals surface area (Å²) in [5.41, 5.74) is 45.5. The molecule has 0 N–H and O–H groups in total. The third-order valence-corrected chi connectivity index (χ3v) is 24.8. The summed E-state index contributed by atoms with van der Waals surface area (Å²) in [4.78, 5) is 37.8. The van der Waals surface area contributed by atoms with Crippen LogP contribution in [0.1, 0.15) is 89.5 Å². The summed E-state index contributed by atoms with van der Waals surface area (Å²) >= 11 is 0. The van der Waals surface area contributed by atoms with E-state index in [1.165, 1.54) is 107 Å². The summed E-state index contributed by atoms with van der Waals surface area (Å²) in [5, 5.41) is 0. The predicted molar refractivity (Wildman–Crippen MR) is 594 cm³/mol. The summed E-state index contributed by atoms with van der Waals surface area (Å²) in [5.74, 6) is 0. The average molecular weight is 1860 g/mol. The fourth-order valence-corrected chi connectivity index (χ4v) is 17.7. The molecule has 0 fully saturated rings. The Kier molecular flexibility index (Phi) is 30.9. The van der Waals surface area contributed by atoms with Crippen molar-refractivity contribution in [1.29, 1.82) is 0 Å². The van der Waals surface area contributed by atoms with E-state index in [1.807, 2.05) is 184 Å². The zero-order valence-corrected chi connectivity index (χ0v) is 82.1. The SMILES string of the molecule is C(=Nc1c(-c2ccccc2)cc(-c2ccccc2)cc1-c1ccccc1)c1ccccn1.Cc1cc(C)cc(-c2cc(-c3cc(C)cc(C)c3)c(N=Cc3ccccn3)c(-c3cc(C)cc(C)c3)c2)c1.Cc1ccc(-c2cc(-c3ccc(C(F)(F)F)cc3)cc(-c3ccc(C)cc3)c2N=Cc2ccccn2)cc1.Cc1ccc(-c2cc(-c3ccc(C)cc3)c(N=Cc3ccccn3)c(-c3ccc(C)cc3)c2)cc1. The maximum atomic E-state index is 13.2. The van der Waals surface area contributed by atoms with E-state index in [4.69, 9.17) is 20.0 Å². The van der Waals surface area contributed by atoms with Crippen molar-refractivity contribution in [2.75, 3.05) is 0 Å². The topological polar surface area (TPSA) is 101 Å². The van der Waals surface area contributed by atoms with Gasteiger partial charge in [0.25, 0.3) is 0 Å². The van der Waals surface area contributed by atoms with Crippen LogP contribution in [0.4, 0.5) is 35.9 Å². The third kappa shape index (κ3) is 25.2. The van der Waals surface area contributed by atoms with Crippen molar-refractivity contribution in [3.05, 3.63) is 527 Å². The first-order chi connectivity index (χ1) is 69.5. The van der Waals surface area contributed by atoms with Crippen molar-refractivity contribution in [2.45, 2.75) is 82.3 Å². The van der Waals surface area contributed by atoms with Crippen LogP contribution >= 0.6 is 0 Å². The van der Waals surface area contributed by atoms with Gasteiger partial charge in [-0.2, -0.15) is 13.2 Å². The maximum Gasteiger partial charge on any atom is 0.416 e. The minimum absolute atomic E-state index is 0.671. The van der Waals surface area contributed by atoms with Crippen LogP contribution in [-0.4, -0.2) is 44.8 Å². The van der Waals surface area contributed by atoms with Crippen molar-refractivity contribution >= 4 is 47.6 Å². The van der Waals surface area contributed by atoms with Gasteiger partial charge in [-0.25, -0.2) is 0 Å². The highest BCUT2D eigenvalue weighted by Gasteiger charge is 2.31. The Morgan fingerprint density at radius 3 is 0.580 bits per heavy atom. The highest BCUT2D eigenvalue weighted by molar-refractivity contribution is 6.01. The Hall–Kier alpha value is -17.4. The zero-order valence-electron chi connectivity index (χ0n) is 82.1. The van der Waals surface area contributed by atoms with E-state index < -0.39 is 11.7 Å². The summed E-state index contributed by atoms with van der Waals surface area (Å²) < 4.78 is 39.6. The second kappa shape index (κ2) is 45.5. The van der Waals surface area contributed by atoms with Gasteiger partial charge >= 0.3 is 6.18 Å². The van der Waals surface area contributed by atoms with Gasteiger partial charge < -0.3 is 0 Å². The first-order valence-electron chi connectivity index (χ1n) is 48.0. The number of aromatic nitrogens is 4. The lowest BCUT2D eigenvalue weighted by molar-refractivity contribution is -0.137. The molecule has 0 saturated carbocycles. The van der Waals surface area contributed by atoms with Crippen LogP contribution in [-0.2, 0) is 6.18 Å². The number of aryl methyl sites for hydroxylation is 11. The van der Waals surface area contributed by atoms with Gasteiger partial charge in [-0.3, -0.25) is 39.9 Å². The molecule has 0 aliphatic rings. The van der Waals surface area contributed by atoms with Crippen LogP contribution in [0.2, 0.25) is 0 Å². The molecule has 8 nitrogen and oxygen atoms in total. The van der Waals surface area contributed by atoms with Gasteiger partial charge in [-0.15, -0.1) is 0 Å². The number of nitrogens with zero attached hydrogens (tertiary/aromatic N) is 8. The van der Waals surface area contributed by atoms with Crippen LogP contribution in [0.3, 0.4) is 0 Å². The molecule has 16 aromatic carbocycles. The van der Waals surface area contributed by atoms with E-state index in [0.29, 0.717) is 5.56 Å². The Morgan fingerprint density at radius 2 is 0.350 bits per heavy atom. The van der Waals surface area contributed by atoms with Crippen LogP contribution in [0.5, 0.6) is 0 Å². The molecule has 0 saturated heterocycles. The molecule has 4 heterocycles. The molecule has 0 atom stereocenters. The van der Waals surface area contributed by atoms with E-state index in [0.717, 1.165) is 152 Å². The van der Waals surface area contributed by atoms with E-state index in [9.17, 15) is 13.2 Å². The summed E-state index contributed by atoms with van der Waals surface area (Å²) in [6.07, 6.45) is 10.0. The van der Waals surface area contributed by atoms with Gasteiger partial charge in [0.15, 0.2) is 0 Å². The standard InChI is InChI=1S/C36H34N2.C33H25F3N2.C33H28N2.C30H22N2/c1-23-11-24(2)15-29(14-23)30-20-34(31-16-25(3)12-26(4)17-31)36(38-22-33-9-7-8-10-37-33)35(21-30)32-18-27(5)13-28(6)19-32;1-22-6-10-25(11-7-22)30-19-27(24-14-16-28(17-15-24)33(34,35)36)20-31(26-12-8-23(2)9-13-26)32(30)38-21-29-5-3-4-18-37-29;1-23-7-13-26(14-8-23)29-20-31(27-15-9-24(2)10-16-27)33(35-22-30-6-4-5-19-34-30)32(21-29)28-17-11-25(3)12-18-28;1-4-12-23(13-5-1)26-20-28(24-14-6-2-7-15-24)30(32-22-27-18-10-11-19-31-27)29(21-26)25-16-8-3-9-17-25/h7-22H,1-6H3;3-21H,1-2H3;4-22H,1-3H3;1-22H. The van der Waals surface area contributed by atoms with Crippen molar-refractivity contribution in [3.63, 3.8) is 0 Å². The van der Waals surface area contributed by atoms with Crippen LogP contribution in [0.25, 0.3) is 134 Å². The van der Waals surface area contributed by atoms with Gasteiger partial charge in [0.1, 0.15) is 0 Å². The van der Waals surface area contributed by atoms with Gasteiger partial charge in [-0.05, 0) is 274 Å². The molecule has 0 aliphatic heterocycles. The summed E-state index contributed by atoms with van der Waals surface area (Å²) in [7, 11) is 0. The van der Waals surface area contributed by atoms with Gasteiger partial charge in [-0.1, -0.05) is 365 Å². The number of alkyl halides is 3. The van der Waals surface area contributed by atoms with E-state index in [2.05, 4.69) is 319 Å². The average Bonchev–Trinajstić information content (AvgIpc) is 0.763. The van der Waals surface area contributed by atoms with Gasteiger partial charge in [0.05, 0.1) is 75.9 Å². The second-order valence-electron chi connectivity index (χ2n) is 36.4. The van der Waals surface area contributed by atoms with Crippen molar-refractivity contribution in [3.8, 4) is 134 Å². The fourth-order valence-electron chi connectivity index (χ4n) is 17.7. The molecule has 11 heteroatoms. The molecule has 20 aromatic rings. The molecule has 143 heavy (non-hydrogen) atoms. The number of aliphatic imine (C=N–C) groups is 4. The summed E-state index contributed by atoms with van der Waals surface area (Å²) in [6.45, 7) is 23.4. The number of rotatable bonds is 20. The van der Waals surface area contributed by atoms with Crippen LogP contribution in [0, 0.1) is 76.2 Å². The smallest absolute Gasteiger partial charge is 0.255 e. The van der Waals surface area contributed by atoms with Crippen LogP contribution in [0.15, 0.2) is 457 Å².